The lowest BCUT2D eigenvalue weighted by Gasteiger charge is -2.12. The summed E-state index contributed by atoms with van der Waals surface area (Å²) in [6.45, 7) is 3.27. The maximum absolute atomic E-state index is 3.71. The van der Waals surface area contributed by atoms with Crippen molar-refractivity contribution in [1.29, 1.82) is 0 Å². The van der Waals surface area contributed by atoms with E-state index in [0.717, 1.165) is 24.4 Å². The Bertz CT molecular complexity index is 331. The number of hydrogen-bond acceptors (Lipinski definition) is 2. The van der Waals surface area contributed by atoms with Crippen molar-refractivity contribution in [1.82, 2.24) is 5.32 Å². The van der Waals surface area contributed by atoms with Gasteiger partial charge < -0.3 is 5.32 Å². The van der Waals surface area contributed by atoms with Gasteiger partial charge >= 0.3 is 0 Å². The van der Waals surface area contributed by atoms with Crippen LogP contribution in [0.1, 0.15) is 29.0 Å². The SMILES string of the molecule is Cc1ccc(CNC2CC[C@H]3C[C@@H]23)s1. The molecular formula is C12H17NS. The molecule has 0 amide bonds. The molecule has 1 aromatic rings. The molecule has 2 saturated carbocycles. The highest BCUT2D eigenvalue weighted by Crippen LogP contribution is 2.51. The van der Waals surface area contributed by atoms with Crippen LogP contribution in [0.4, 0.5) is 0 Å². The van der Waals surface area contributed by atoms with Gasteiger partial charge in [0, 0.05) is 22.3 Å². The van der Waals surface area contributed by atoms with E-state index in [1.165, 1.54) is 29.0 Å². The molecule has 2 aliphatic carbocycles. The van der Waals surface area contributed by atoms with Crippen LogP contribution in [0, 0.1) is 18.8 Å². The van der Waals surface area contributed by atoms with Crippen molar-refractivity contribution in [3.05, 3.63) is 21.9 Å². The van der Waals surface area contributed by atoms with Crippen LogP contribution in [0.25, 0.3) is 0 Å². The maximum atomic E-state index is 3.71. The molecule has 0 bridgehead atoms. The smallest absolute Gasteiger partial charge is 0.0302 e. The summed E-state index contributed by atoms with van der Waals surface area (Å²) in [6.07, 6.45) is 4.40. The largest absolute Gasteiger partial charge is 0.309 e. The average Bonchev–Trinajstić information content (AvgIpc) is 2.66. The highest BCUT2D eigenvalue weighted by Gasteiger charge is 2.47. The van der Waals surface area contributed by atoms with E-state index in [1.807, 2.05) is 11.3 Å². The molecule has 1 nitrogen and oxygen atoms in total. The zero-order chi connectivity index (χ0) is 9.54. The minimum Gasteiger partial charge on any atom is -0.309 e. The summed E-state index contributed by atoms with van der Waals surface area (Å²) in [4.78, 5) is 2.92. The Morgan fingerprint density at radius 3 is 2.93 bits per heavy atom. The van der Waals surface area contributed by atoms with Crippen molar-refractivity contribution >= 4 is 11.3 Å². The second-order valence-electron chi connectivity index (χ2n) is 4.74. The van der Waals surface area contributed by atoms with E-state index in [4.69, 9.17) is 0 Å². The van der Waals surface area contributed by atoms with Crippen molar-refractivity contribution in [3.63, 3.8) is 0 Å². The van der Waals surface area contributed by atoms with Gasteiger partial charge in [0.1, 0.15) is 0 Å². The minimum absolute atomic E-state index is 0.836. The van der Waals surface area contributed by atoms with Gasteiger partial charge in [0.2, 0.25) is 0 Å². The summed E-state index contributed by atoms with van der Waals surface area (Å²) in [6, 6.07) is 5.31. The molecule has 0 aliphatic heterocycles. The Morgan fingerprint density at radius 1 is 1.43 bits per heavy atom. The number of hydrogen-bond donors (Lipinski definition) is 1. The van der Waals surface area contributed by atoms with Crippen LogP contribution in [0.15, 0.2) is 12.1 Å². The summed E-state index contributed by atoms with van der Waals surface area (Å²) in [7, 11) is 0. The Hall–Kier alpha value is -0.340. The zero-order valence-electron chi connectivity index (χ0n) is 8.62. The second kappa shape index (κ2) is 3.35. The molecule has 2 aliphatic rings. The predicted molar refractivity (Wildman–Crippen MR) is 60.5 cm³/mol. The van der Waals surface area contributed by atoms with Gasteiger partial charge in [-0.05, 0) is 50.2 Å². The molecule has 1 heterocycles. The third-order valence-corrected chi connectivity index (χ3v) is 4.68. The first-order chi connectivity index (χ1) is 6.83. The Morgan fingerprint density at radius 2 is 2.36 bits per heavy atom. The van der Waals surface area contributed by atoms with E-state index in [9.17, 15) is 0 Å². The van der Waals surface area contributed by atoms with Crippen LogP contribution >= 0.6 is 11.3 Å². The van der Waals surface area contributed by atoms with E-state index in [1.54, 1.807) is 0 Å². The molecule has 0 radical (unpaired) electrons. The van der Waals surface area contributed by atoms with E-state index >= 15 is 0 Å². The van der Waals surface area contributed by atoms with E-state index < -0.39 is 0 Å². The molecule has 1 aromatic heterocycles. The third kappa shape index (κ3) is 1.61. The lowest BCUT2D eigenvalue weighted by atomic mass is 10.2. The van der Waals surface area contributed by atoms with Gasteiger partial charge in [-0.2, -0.15) is 0 Å². The second-order valence-corrected chi connectivity index (χ2v) is 6.11. The molecule has 2 heteroatoms. The minimum atomic E-state index is 0.836. The highest BCUT2D eigenvalue weighted by atomic mass is 32.1. The van der Waals surface area contributed by atoms with Gasteiger partial charge in [-0.25, -0.2) is 0 Å². The molecule has 0 spiro atoms. The van der Waals surface area contributed by atoms with Crippen molar-refractivity contribution in [2.75, 3.05) is 0 Å². The van der Waals surface area contributed by atoms with Crippen LogP contribution in [0.3, 0.4) is 0 Å². The number of thiophene rings is 1. The third-order valence-electron chi connectivity index (χ3n) is 3.68. The molecule has 1 N–H and O–H groups in total. The first kappa shape index (κ1) is 8.93. The van der Waals surface area contributed by atoms with Crippen LogP contribution in [-0.4, -0.2) is 6.04 Å². The fraction of sp³-hybridized carbons (Fsp3) is 0.667. The van der Waals surface area contributed by atoms with Crippen LogP contribution in [0.2, 0.25) is 0 Å². The van der Waals surface area contributed by atoms with Gasteiger partial charge in [0.15, 0.2) is 0 Å². The zero-order valence-corrected chi connectivity index (χ0v) is 9.44. The van der Waals surface area contributed by atoms with Gasteiger partial charge in [-0.15, -0.1) is 11.3 Å². The van der Waals surface area contributed by atoms with E-state index in [2.05, 4.69) is 24.4 Å². The number of fused-ring (bicyclic) bond motifs is 1. The topological polar surface area (TPSA) is 12.0 Å². The monoisotopic (exact) mass is 207 g/mol. The molecule has 2 fully saturated rings. The normalized spacial score (nSPS) is 34.5. The summed E-state index contributed by atoms with van der Waals surface area (Å²) in [5.41, 5.74) is 0. The first-order valence-electron chi connectivity index (χ1n) is 5.61. The molecule has 0 aromatic carbocycles. The van der Waals surface area contributed by atoms with E-state index in [-0.39, 0.29) is 0 Å². The van der Waals surface area contributed by atoms with Crippen LogP contribution in [-0.2, 0) is 6.54 Å². The molecular weight excluding hydrogens is 190 g/mol. The average molecular weight is 207 g/mol. The Balaban J connectivity index is 1.54. The van der Waals surface area contributed by atoms with Crippen molar-refractivity contribution < 1.29 is 0 Å². The standard InChI is InChI=1S/C12H17NS/c1-8-2-4-10(14-8)7-13-12-5-3-9-6-11(9)12/h2,4,9,11-13H,3,5-7H2,1H3/t9-,11+,12?/m0/s1. The maximum Gasteiger partial charge on any atom is 0.0302 e. The quantitative estimate of drug-likeness (QED) is 0.803. The van der Waals surface area contributed by atoms with Gasteiger partial charge in [0.05, 0.1) is 0 Å². The summed E-state index contributed by atoms with van der Waals surface area (Å²) in [5.74, 6) is 2.13. The van der Waals surface area contributed by atoms with Crippen LogP contribution < -0.4 is 5.32 Å². The summed E-state index contributed by atoms with van der Waals surface area (Å²) in [5, 5.41) is 3.71. The van der Waals surface area contributed by atoms with E-state index in [0.29, 0.717) is 0 Å². The summed E-state index contributed by atoms with van der Waals surface area (Å²) >= 11 is 1.92. The number of nitrogens with one attached hydrogen (secondary N) is 1. The van der Waals surface area contributed by atoms with Gasteiger partial charge in [-0.1, -0.05) is 0 Å². The molecule has 14 heavy (non-hydrogen) atoms. The van der Waals surface area contributed by atoms with Crippen LogP contribution in [0.5, 0.6) is 0 Å². The molecule has 3 atom stereocenters. The highest BCUT2D eigenvalue weighted by molar-refractivity contribution is 7.11. The fourth-order valence-electron chi connectivity index (χ4n) is 2.77. The first-order valence-corrected chi connectivity index (χ1v) is 6.43. The molecule has 1 unspecified atom stereocenters. The van der Waals surface area contributed by atoms with Gasteiger partial charge in [-0.3, -0.25) is 0 Å². The number of rotatable bonds is 3. The molecule has 3 rings (SSSR count). The lowest BCUT2D eigenvalue weighted by Crippen LogP contribution is -2.28. The van der Waals surface area contributed by atoms with Crippen molar-refractivity contribution in [3.8, 4) is 0 Å². The summed E-state index contributed by atoms with van der Waals surface area (Å²) < 4.78 is 0. The number of aryl methyl sites for hydroxylation is 1. The lowest BCUT2D eigenvalue weighted by molar-refractivity contribution is 0.477. The Kier molecular flexibility index (Phi) is 2.14. The van der Waals surface area contributed by atoms with Crippen molar-refractivity contribution in [2.45, 2.75) is 38.8 Å². The fourth-order valence-corrected chi connectivity index (χ4v) is 3.61. The van der Waals surface area contributed by atoms with Gasteiger partial charge in [0.25, 0.3) is 0 Å². The predicted octanol–water partition coefficient (Wildman–Crippen LogP) is 2.94. The molecule has 0 saturated heterocycles. The molecule has 76 valence electrons. The van der Waals surface area contributed by atoms with Crippen molar-refractivity contribution in [2.24, 2.45) is 11.8 Å². The Labute approximate surface area is 89.5 Å².